The van der Waals surface area contributed by atoms with Crippen molar-refractivity contribution in [2.45, 2.75) is 25.2 Å². The predicted octanol–water partition coefficient (Wildman–Crippen LogP) is 4.35. The van der Waals surface area contributed by atoms with Crippen LogP contribution in [-0.4, -0.2) is 26.3 Å². The molecule has 2 aromatic carbocycles. The molecule has 27 heavy (non-hydrogen) atoms. The molecule has 1 aliphatic carbocycles. The Labute approximate surface area is 158 Å². The topological polar surface area (TPSA) is 55.6 Å². The average Bonchev–Trinajstić information content (AvgIpc) is 3.48. The van der Waals surface area contributed by atoms with Crippen LogP contribution < -0.4 is 5.32 Å². The van der Waals surface area contributed by atoms with Crippen LogP contribution in [0.5, 0.6) is 0 Å². The first-order chi connectivity index (χ1) is 13.4. The lowest BCUT2D eigenvalue weighted by Crippen LogP contribution is -2.07. The average molecular weight is 355 g/mol. The summed E-state index contributed by atoms with van der Waals surface area (Å²) in [6.45, 7) is 0.817. The molecule has 1 saturated carbocycles. The summed E-state index contributed by atoms with van der Waals surface area (Å²) in [5.41, 5.74) is 4.59. The van der Waals surface area contributed by atoms with Crippen molar-refractivity contribution in [2.24, 2.45) is 0 Å². The molecular weight excluding hydrogens is 334 g/mol. The van der Waals surface area contributed by atoms with E-state index in [2.05, 4.69) is 68.9 Å². The fourth-order valence-electron chi connectivity index (χ4n) is 3.45. The Morgan fingerprint density at radius 1 is 0.963 bits per heavy atom. The van der Waals surface area contributed by atoms with Crippen LogP contribution in [0.1, 0.15) is 29.9 Å². The molecule has 4 aromatic rings. The van der Waals surface area contributed by atoms with E-state index in [-0.39, 0.29) is 0 Å². The van der Waals surface area contributed by atoms with Gasteiger partial charge in [0.25, 0.3) is 0 Å². The number of hydrogen-bond donors (Lipinski definition) is 1. The van der Waals surface area contributed by atoms with Gasteiger partial charge in [-0.3, -0.25) is 0 Å². The molecule has 0 aliphatic heterocycles. The van der Waals surface area contributed by atoms with Crippen molar-refractivity contribution in [3.05, 3.63) is 78.2 Å². The standard InChI is InChI=1S/C22H21N5/c1-2-4-16(5-3-1)12-13-23-21-20-14-26-27(22(20)25-15-24-21)19-10-8-18(9-11-19)17-6-7-17/h1-5,8-11,14-15,17H,6-7,12-13H2,(H,23,24,25). The van der Waals surface area contributed by atoms with Gasteiger partial charge in [0.2, 0.25) is 0 Å². The van der Waals surface area contributed by atoms with Crippen molar-refractivity contribution in [1.29, 1.82) is 0 Å². The highest BCUT2D eigenvalue weighted by atomic mass is 15.3. The van der Waals surface area contributed by atoms with Crippen LogP contribution in [0, 0.1) is 0 Å². The Kier molecular flexibility index (Phi) is 4.05. The van der Waals surface area contributed by atoms with Gasteiger partial charge in [-0.1, -0.05) is 42.5 Å². The van der Waals surface area contributed by atoms with Crippen molar-refractivity contribution < 1.29 is 0 Å². The number of nitrogens with zero attached hydrogens (tertiary/aromatic N) is 4. The number of fused-ring (bicyclic) bond motifs is 1. The lowest BCUT2D eigenvalue weighted by molar-refractivity contribution is 0.893. The van der Waals surface area contributed by atoms with Gasteiger partial charge in [0.1, 0.15) is 12.1 Å². The molecule has 0 radical (unpaired) electrons. The minimum atomic E-state index is 0.760. The number of hydrogen-bond acceptors (Lipinski definition) is 4. The second kappa shape index (κ2) is 6.83. The van der Waals surface area contributed by atoms with Crippen molar-refractivity contribution in [2.75, 3.05) is 11.9 Å². The van der Waals surface area contributed by atoms with Crippen molar-refractivity contribution in [3.63, 3.8) is 0 Å². The van der Waals surface area contributed by atoms with Gasteiger partial charge in [-0.2, -0.15) is 5.10 Å². The minimum absolute atomic E-state index is 0.760. The SMILES string of the molecule is c1ccc(CCNc2ncnc3c2cnn3-c2ccc(C3CC3)cc2)cc1. The molecule has 5 rings (SSSR count). The van der Waals surface area contributed by atoms with Gasteiger partial charge in [0.15, 0.2) is 5.65 Å². The maximum absolute atomic E-state index is 4.56. The van der Waals surface area contributed by atoms with E-state index >= 15 is 0 Å². The molecule has 5 heteroatoms. The maximum Gasteiger partial charge on any atom is 0.168 e. The molecule has 0 atom stereocenters. The van der Waals surface area contributed by atoms with Crippen LogP contribution in [-0.2, 0) is 6.42 Å². The van der Waals surface area contributed by atoms with E-state index in [1.54, 1.807) is 6.33 Å². The van der Waals surface area contributed by atoms with E-state index in [0.717, 1.165) is 41.4 Å². The second-order valence-electron chi connectivity index (χ2n) is 7.04. The fourth-order valence-corrected chi connectivity index (χ4v) is 3.45. The van der Waals surface area contributed by atoms with Crippen LogP contribution >= 0.6 is 0 Å². The molecular formula is C22H21N5. The zero-order valence-electron chi connectivity index (χ0n) is 15.0. The van der Waals surface area contributed by atoms with Crippen LogP contribution in [0.2, 0.25) is 0 Å². The summed E-state index contributed by atoms with van der Waals surface area (Å²) in [7, 11) is 0. The summed E-state index contributed by atoms with van der Waals surface area (Å²) in [6.07, 6.45) is 7.02. The van der Waals surface area contributed by atoms with Gasteiger partial charge >= 0.3 is 0 Å². The predicted molar refractivity (Wildman–Crippen MR) is 107 cm³/mol. The van der Waals surface area contributed by atoms with Crippen molar-refractivity contribution in [3.8, 4) is 5.69 Å². The van der Waals surface area contributed by atoms with E-state index < -0.39 is 0 Å². The fraction of sp³-hybridized carbons (Fsp3) is 0.227. The first-order valence-corrected chi connectivity index (χ1v) is 9.45. The summed E-state index contributed by atoms with van der Waals surface area (Å²) in [5, 5.41) is 8.93. The summed E-state index contributed by atoms with van der Waals surface area (Å²) in [5.74, 6) is 1.59. The lowest BCUT2D eigenvalue weighted by Gasteiger charge is -2.07. The van der Waals surface area contributed by atoms with Gasteiger partial charge in [-0.15, -0.1) is 0 Å². The van der Waals surface area contributed by atoms with Crippen LogP contribution in [0.4, 0.5) is 5.82 Å². The Bertz CT molecular complexity index is 1050. The summed E-state index contributed by atoms with van der Waals surface area (Å²) < 4.78 is 1.88. The molecule has 1 N–H and O–H groups in total. The van der Waals surface area contributed by atoms with Gasteiger partial charge < -0.3 is 5.32 Å². The van der Waals surface area contributed by atoms with Crippen LogP contribution in [0.25, 0.3) is 16.7 Å². The molecule has 134 valence electrons. The van der Waals surface area contributed by atoms with Crippen LogP contribution in [0.15, 0.2) is 67.1 Å². The molecule has 1 aliphatic rings. The van der Waals surface area contributed by atoms with Crippen LogP contribution in [0.3, 0.4) is 0 Å². The third-order valence-electron chi connectivity index (χ3n) is 5.10. The largest absolute Gasteiger partial charge is 0.369 e. The van der Waals surface area contributed by atoms with E-state index in [4.69, 9.17) is 0 Å². The third-order valence-corrected chi connectivity index (χ3v) is 5.10. The molecule has 0 amide bonds. The molecule has 2 aromatic heterocycles. The van der Waals surface area contributed by atoms with Gasteiger partial charge in [-0.05, 0) is 48.4 Å². The molecule has 0 saturated heterocycles. The maximum atomic E-state index is 4.56. The smallest absolute Gasteiger partial charge is 0.168 e. The van der Waals surface area contributed by atoms with Gasteiger partial charge in [0, 0.05) is 6.54 Å². The Morgan fingerprint density at radius 3 is 2.56 bits per heavy atom. The highest BCUT2D eigenvalue weighted by molar-refractivity contribution is 5.87. The normalized spacial score (nSPS) is 13.8. The van der Waals surface area contributed by atoms with Gasteiger partial charge in [-0.25, -0.2) is 14.6 Å². The van der Waals surface area contributed by atoms with E-state index in [0.29, 0.717) is 0 Å². The zero-order chi connectivity index (χ0) is 18.1. The molecule has 1 fully saturated rings. The first-order valence-electron chi connectivity index (χ1n) is 9.45. The monoisotopic (exact) mass is 355 g/mol. The Balaban J connectivity index is 1.37. The summed E-state index contributed by atoms with van der Waals surface area (Å²) in [4.78, 5) is 8.88. The molecule has 0 unspecified atom stereocenters. The van der Waals surface area contributed by atoms with Crippen molar-refractivity contribution >= 4 is 16.9 Å². The number of rotatable bonds is 6. The number of aromatic nitrogens is 4. The van der Waals surface area contributed by atoms with E-state index in [9.17, 15) is 0 Å². The number of anilines is 1. The van der Waals surface area contributed by atoms with E-state index in [1.807, 2.05) is 16.9 Å². The van der Waals surface area contributed by atoms with E-state index in [1.165, 1.54) is 24.0 Å². The Morgan fingerprint density at radius 2 is 1.78 bits per heavy atom. The highest BCUT2D eigenvalue weighted by Crippen LogP contribution is 2.40. The molecule has 0 spiro atoms. The number of nitrogens with one attached hydrogen (secondary N) is 1. The minimum Gasteiger partial charge on any atom is -0.369 e. The first kappa shape index (κ1) is 16.0. The lowest BCUT2D eigenvalue weighted by atomic mass is 10.1. The number of benzene rings is 2. The quantitative estimate of drug-likeness (QED) is 0.559. The Hall–Kier alpha value is -3.21. The molecule has 2 heterocycles. The third kappa shape index (κ3) is 3.28. The summed E-state index contributed by atoms with van der Waals surface area (Å²) >= 11 is 0. The zero-order valence-corrected chi connectivity index (χ0v) is 15.0. The highest BCUT2D eigenvalue weighted by Gasteiger charge is 2.23. The second-order valence-corrected chi connectivity index (χ2v) is 7.04. The van der Waals surface area contributed by atoms with Crippen molar-refractivity contribution in [1.82, 2.24) is 19.7 Å². The molecule has 5 nitrogen and oxygen atoms in total. The van der Waals surface area contributed by atoms with Gasteiger partial charge in [0.05, 0.1) is 17.3 Å². The summed E-state index contributed by atoms with van der Waals surface area (Å²) in [6, 6.07) is 19.1. The molecule has 0 bridgehead atoms.